The van der Waals surface area contributed by atoms with E-state index in [2.05, 4.69) is 17.2 Å². The van der Waals surface area contributed by atoms with Gasteiger partial charge >= 0.3 is 0 Å². The summed E-state index contributed by atoms with van der Waals surface area (Å²) in [6, 6.07) is 7.46. The monoisotopic (exact) mass is 352 g/mol. The second-order valence-corrected chi connectivity index (χ2v) is 6.66. The molecule has 6 heteroatoms. The predicted molar refractivity (Wildman–Crippen MR) is 95.0 cm³/mol. The summed E-state index contributed by atoms with van der Waals surface area (Å²) in [6.07, 6.45) is 2.73. The molecule has 1 amide bonds. The number of rotatable bonds is 8. The van der Waals surface area contributed by atoms with Crippen LogP contribution in [0, 0.1) is 5.92 Å². The number of carbonyl (C=O) groups is 1. The first-order valence-corrected chi connectivity index (χ1v) is 9.01. The van der Waals surface area contributed by atoms with E-state index in [1.54, 1.807) is 5.38 Å². The average Bonchev–Trinajstić information content (AvgIpc) is 3.03. The molecule has 0 radical (unpaired) electrons. The van der Waals surface area contributed by atoms with Gasteiger partial charge in [-0.2, -0.15) is 0 Å². The van der Waals surface area contributed by atoms with Gasteiger partial charge in [0.2, 0.25) is 0 Å². The minimum Gasteiger partial charge on any atom is -0.396 e. The zero-order valence-corrected chi connectivity index (χ0v) is 14.7. The van der Waals surface area contributed by atoms with Crippen LogP contribution in [0.1, 0.15) is 36.7 Å². The molecule has 1 heterocycles. The van der Waals surface area contributed by atoms with Crippen molar-refractivity contribution in [2.24, 2.45) is 5.92 Å². The van der Waals surface area contributed by atoms with E-state index in [4.69, 9.17) is 16.7 Å². The molecule has 23 heavy (non-hydrogen) atoms. The lowest BCUT2D eigenvalue weighted by Crippen LogP contribution is -2.30. The Hall–Kier alpha value is -1.43. The van der Waals surface area contributed by atoms with Crippen LogP contribution in [-0.4, -0.2) is 29.1 Å². The maximum absolute atomic E-state index is 12.2. The van der Waals surface area contributed by atoms with Gasteiger partial charge in [-0.05, 0) is 24.8 Å². The Labute approximate surface area is 145 Å². The molecule has 0 bridgehead atoms. The number of aliphatic hydroxyl groups excluding tert-OH is 1. The minimum absolute atomic E-state index is 0.147. The van der Waals surface area contributed by atoms with E-state index in [9.17, 15) is 4.79 Å². The number of hydrogen-bond acceptors (Lipinski definition) is 4. The van der Waals surface area contributed by atoms with Crippen molar-refractivity contribution in [3.05, 3.63) is 40.4 Å². The normalized spacial score (nSPS) is 12.1. The molecule has 4 nitrogen and oxygen atoms in total. The van der Waals surface area contributed by atoms with Crippen molar-refractivity contribution in [2.45, 2.75) is 26.2 Å². The zero-order valence-electron chi connectivity index (χ0n) is 13.1. The molecule has 0 unspecified atom stereocenters. The third-order valence-corrected chi connectivity index (χ3v) is 4.83. The number of nitrogens with zero attached hydrogens (tertiary/aromatic N) is 1. The first-order valence-electron chi connectivity index (χ1n) is 7.75. The summed E-state index contributed by atoms with van der Waals surface area (Å²) in [6.45, 7) is 2.81. The molecule has 0 aliphatic carbocycles. The van der Waals surface area contributed by atoms with Gasteiger partial charge in [0.1, 0.15) is 10.7 Å². The molecule has 1 aromatic carbocycles. The molecule has 1 aromatic heterocycles. The van der Waals surface area contributed by atoms with Crippen molar-refractivity contribution in [1.29, 1.82) is 0 Å². The van der Waals surface area contributed by atoms with Gasteiger partial charge in [-0.3, -0.25) is 4.79 Å². The largest absolute Gasteiger partial charge is 0.396 e. The third-order valence-electron chi connectivity index (χ3n) is 3.63. The number of carbonyl (C=O) groups excluding carboxylic acids is 1. The molecular formula is C17H21ClN2O2S. The van der Waals surface area contributed by atoms with Crippen molar-refractivity contribution in [1.82, 2.24) is 10.3 Å². The highest BCUT2D eigenvalue weighted by atomic mass is 35.5. The fourth-order valence-corrected chi connectivity index (χ4v) is 3.52. The van der Waals surface area contributed by atoms with Crippen LogP contribution in [0.5, 0.6) is 0 Å². The summed E-state index contributed by atoms with van der Waals surface area (Å²) in [7, 11) is 0. The van der Waals surface area contributed by atoms with Gasteiger partial charge in [-0.25, -0.2) is 4.98 Å². The predicted octanol–water partition coefficient (Wildman–Crippen LogP) is 3.99. The summed E-state index contributed by atoms with van der Waals surface area (Å²) < 4.78 is 0. The average molecular weight is 353 g/mol. The van der Waals surface area contributed by atoms with E-state index < -0.39 is 0 Å². The summed E-state index contributed by atoms with van der Waals surface area (Å²) in [5.74, 6) is 0.120. The van der Waals surface area contributed by atoms with Gasteiger partial charge < -0.3 is 10.4 Å². The second-order valence-electron chi connectivity index (χ2n) is 5.39. The molecule has 124 valence electrons. The lowest BCUT2D eigenvalue weighted by atomic mass is 10.0. The highest BCUT2D eigenvalue weighted by Gasteiger charge is 2.15. The SMILES string of the molecule is CCC[C@@H](CCO)CNC(=O)c1csc(-c2ccccc2Cl)n1. The Morgan fingerprint density at radius 2 is 2.17 bits per heavy atom. The summed E-state index contributed by atoms with van der Waals surface area (Å²) in [5, 5.41) is 15.1. The molecule has 2 rings (SSSR count). The third kappa shape index (κ3) is 5.03. The highest BCUT2D eigenvalue weighted by Crippen LogP contribution is 2.30. The molecule has 2 aromatic rings. The quantitative estimate of drug-likeness (QED) is 0.755. The van der Waals surface area contributed by atoms with E-state index in [-0.39, 0.29) is 12.5 Å². The number of aliphatic hydroxyl groups is 1. The summed E-state index contributed by atoms with van der Waals surface area (Å²) in [5.41, 5.74) is 1.24. The smallest absolute Gasteiger partial charge is 0.270 e. The maximum Gasteiger partial charge on any atom is 0.270 e. The van der Waals surface area contributed by atoms with Crippen LogP contribution >= 0.6 is 22.9 Å². The molecule has 1 atom stereocenters. The van der Waals surface area contributed by atoms with E-state index in [1.807, 2.05) is 24.3 Å². The molecule has 0 fully saturated rings. The lowest BCUT2D eigenvalue weighted by Gasteiger charge is -2.15. The second kappa shape index (κ2) is 9.01. The van der Waals surface area contributed by atoms with Crippen LogP contribution in [0.4, 0.5) is 0 Å². The molecule has 0 aliphatic rings. The first kappa shape index (κ1) is 17.9. The fourth-order valence-electron chi connectivity index (χ4n) is 2.40. The van der Waals surface area contributed by atoms with Crippen molar-refractivity contribution in [3.63, 3.8) is 0 Å². The Morgan fingerprint density at radius 3 is 2.87 bits per heavy atom. The number of benzene rings is 1. The van der Waals surface area contributed by atoms with Crippen LogP contribution in [0.15, 0.2) is 29.6 Å². The Morgan fingerprint density at radius 1 is 1.39 bits per heavy atom. The van der Waals surface area contributed by atoms with Crippen molar-refractivity contribution >= 4 is 28.8 Å². The van der Waals surface area contributed by atoms with E-state index in [1.165, 1.54) is 11.3 Å². The van der Waals surface area contributed by atoms with Gasteiger partial charge in [0, 0.05) is 24.1 Å². The molecule has 0 saturated heterocycles. The van der Waals surface area contributed by atoms with E-state index >= 15 is 0 Å². The van der Waals surface area contributed by atoms with Crippen LogP contribution in [0.2, 0.25) is 5.02 Å². The number of aromatic nitrogens is 1. The Kier molecular flexibility index (Phi) is 7.02. The number of hydrogen-bond donors (Lipinski definition) is 2. The van der Waals surface area contributed by atoms with Gasteiger partial charge in [0.05, 0.1) is 5.02 Å². The molecule has 0 spiro atoms. The lowest BCUT2D eigenvalue weighted by molar-refractivity contribution is 0.0938. The Bertz CT molecular complexity index is 639. The van der Waals surface area contributed by atoms with Crippen LogP contribution in [0.3, 0.4) is 0 Å². The molecule has 2 N–H and O–H groups in total. The Balaban J connectivity index is 2.00. The van der Waals surface area contributed by atoms with Gasteiger partial charge in [0.15, 0.2) is 0 Å². The standard InChI is InChI=1S/C17H21ClN2O2S/c1-2-5-12(8-9-21)10-19-16(22)15-11-23-17(20-15)13-6-3-4-7-14(13)18/h3-4,6-7,11-12,21H,2,5,8-10H2,1H3,(H,19,22)/t12-/m0/s1. The van der Waals surface area contributed by atoms with Crippen molar-refractivity contribution in [2.75, 3.05) is 13.2 Å². The van der Waals surface area contributed by atoms with Gasteiger partial charge in [-0.15, -0.1) is 11.3 Å². The fraction of sp³-hybridized carbons (Fsp3) is 0.412. The van der Waals surface area contributed by atoms with Crippen LogP contribution in [-0.2, 0) is 0 Å². The number of thiazole rings is 1. The topological polar surface area (TPSA) is 62.2 Å². The molecule has 0 aliphatic heterocycles. The maximum atomic E-state index is 12.2. The van der Waals surface area contributed by atoms with Gasteiger partial charge in [-0.1, -0.05) is 43.1 Å². The van der Waals surface area contributed by atoms with E-state index in [0.717, 1.165) is 23.4 Å². The van der Waals surface area contributed by atoms with E-state index in [0.29, 0.717) is 29.6 Å². The van der Waals surface area contributed by atoms with Gasteiger partial charge in [0.25, 0.3) is 5.91 Å². The van der Waals surface area contributed by atoms with Crippen LogP contribution < -0.4 is 5.32 Å². The summed E-state index contributed by atoms with van der Waals surface area (Å²) >= 11 is 7.57. The first-order chi connectivity index (χ1) is 11.2. The van der Waals surface area contributed by atoms with Crippen molar-refractivity contribution < 1.29 is 9.90 Å². The number of nitrogens with one attached hydrogen (secondary N) is 1. The zero-order chi connectivity index (χ0) is 16.7. The minimum atomic E-state index is -0.182. The van der Waals surface area contributed by atoms with Crippen LogP contribution in [0.25, 0.3) is 10.6 Å². The van der Waals surface area contributed by atoms with Crippen molar-refractivity contribution in [3.8, 4) is 10.6 Å². The molecule has 0 saturated carbocycles. The molecular weight excluding hydrogens is 332 g/mol. The number of halogens is 1. The highest BCUT2D eigenvalue weighted by molar-refractivity contribution is 7.13. The summed E-state index contributed by atoms with van der Waals surface area (Å²) in [4.78, 5) is 16.6. The number of amides is 1.